The van der Waals surface area contributed by atoms with Crippen LogP contribution in [0.3, 0.4) is 0 Å². The van der Waals surface area contributed by atoms with E-state index in [1.807, 2.05) is 0 Å². The van der Waals surface area contributed by atoms with Gasteiger partial charge in [0.1, 0.15) is 5.69 Å². The minimum absolute atomic E-state index is 0.259. The van der Waals surface area contributed by atoms with E-state index >= 15 is 0 Å². The van der Waals surface area contributed by atoms with Crippen molar-refractivity contribution in [3.05, 3.63) is 59.8 Å². The average molecular weight is 302 g/mol. The van der Waals surface area contributed by atoms with Crippen molar-refractivity contribution in [2.24, 2.45) is 7.05 Å². The van der Waals surface area contributed by atoms with Gasteiger partial charge >= 0.3 is 0 Å². The maximum atomic E-state index is 12.3. The lowest BCUT2D eigenvalue weighted by molar-refractivity contribution is 0.101. The van der Waals surface area contributed by atoms with Crippen LogP contribution in [0, 0.1) is 0 Å². The fourth-order valence-electron chi connectivity index (χ4n) is 2.01. The van der Waals surface area contributed by atoms with Crippen molar-refractivity contribution in [1.82, 2.24) is 19.3 Å². The molecule has 0 aliphatic heterocycles. The number of halogens is 1. The van der Waals surface area contributed by atoms with Crippen molar-refractivity contribution in [1.29, 1.82) is 0 Å². The molecule has 0 unspecified atom stereocenters. The standard InChI is InChI=1S/C14H12ClN5O/c1-19-9-10(15)8-12(19)14(21)18-11-4-2-5-16-13(11)20-7-3-6-17-20/h2-9H,1H3,(H,18,21). The molecule has 3 aromatic rings. The van der Waals surface area contributed by atoms with Crippen LogP contribution in [0.2, 0.25) is 5.02 Å². The molecule has 21 heavy (non-hydrogen) atoms. The van der Waals surface area contributed by atoms with Gasteiger partial charge in [0.25, 0.3) is 5.91 Å². The van der Waals surface area contributed by atoms with Gasteiger partial charge in [-0.25, -0.2) is 9.67 Å². The minimum Gasteiger partial charge on any atom is -0.345 e. The fourth-order valence-corrected chi connectivity index (χ4v) is 2.26. The van der Waals surface area contributed by atoms with Crippen LogP contribution in [0.1, 0.15) is 10.5 Å². The molecule has 3 rings (SSSR count). The Bertz CT molecular complexity index is 779. The number of nitrogens with one attached hydrogen (secondary N) is 1. The smallest absolute Gasteiger partial charge is 0.272 e. The number of nitrogens with zero attached hydrogens (tertiary/aromatic N) is 4. The summed E-state index contributed by atoms with van der Waals surface area (Å²) >= 11 is 5.90. The molecular weight excluding hydrogens is 290 g/mol. The number of amides is 1. The molecule has 0 saturated carbocycles. The lowest BCUT2D eigenvalue weighted by Gasteiger charge is -2.10. The topological polar surface area (TPSA) is 64.7 Å². The summed E-state index contributed by atoms with van der Waals surface area (Å²) in [5.41, 5.74) is 1.04. The molecule has 0 fully saturated rings. The summed E-state index contributed by atoms with van der Waals surface area (Å²) in [7, 11) is 1.76. The van der Waals surface area contributed by atoms with Gasteiger partial charge < -0.3 is 9.88 Å². The molecule has 0 aromatic carbocycles. The summed E-state index contributed by atoms with van der Waals surface area (Å²) in [6.07, 6.45) is 6.73. The van der Waals surface area contributed by atoms with E-state index in [0.29, 0.717) is 22.2 Å². The molecule has 1 amide bonds. The summed E-state index contributed by atoms with van der Waals surface area (Å²) < 4.78 is 3.26. The van der Waals surface area contributed by atoms with Crippen molar-refractivity contribution in [2.75, 3.05) is 5.32 Å². The van der Waals surface area contributed by atoms with Crippen molar-refractivity contribution in [2.45, 2.75) is 0 Å². The Morgan fingerprint density at radius 3 is 2.86 bits per heavy atom. The highest BCUT2D eigenvalue weighted by molar-refractivity contribution is 6.31. The SMILES string of the molecule is Cn1cc(Cl)cc1C(=O)Nc1cccnc1-n1cccn1. The van der Waals surface area contributed by atoms with Gasteiger partial charge in [-0.1, -0.05) is 11.6 Å². The third-order valence-electron chi connectivity index (χ3n) is 2.96. The summed E-state index contributed by atoms with van der Waals surface area (Å²) in [6, 6.07) is 6.92. The predicted octanol–water partition coefficient (Wildman–Crippen LogP) is 2.51. The maximum Gasteiger partial charge on any atom is 0.272 e. The number of anilines is 1. The largest absolute Gasteiger partial charge is 0.345 e. The lowest BCUT2D eigenvalue weighted by atomic mass is 10.3. The number of rotatable bonds is 3. The molecule has 0 atom stereocenters. The van der Waals surface area contributed by atoms with E-state index in [-0.39, 0.29) is 5.91 Å². The van der Waals surface area contributed by atoms with Gasteiger partial charge in [0.05, 0.1) is 10.7 Å². The van der Waals surface area contributed by atoms with Crippen LogP contribution >= 0.6 is 11.6 Å². The third-order valence-corrected chi connectivity index (χ3v) is 3.17. The minimum atomic E-state index is -0.259. The van der Waals surface area contributed by atoms with Crippen LogP contribution in [0.5, 0.6) is 0 Å². The highest BCUT2D eigenvalue weighted by Gasteiger charge is 2.14. The molecule has 0 saturated heterocycles. The first kappa shape index (κ1) is 13.4. The summed E-state index contributed by atoms with van der Waals surface area (Å²) in [4.78, 5) is 16.6. The van der Waals surface area contributed by atoms with Crippen molar-refractivity contribution in [3.8, 4) is 5.82 Å². The molecule has 0 aliphatic rings. The van der Waals surface area contributed by atoms with Crippen LogP contribution < -0.4 is 5.32 Å². The maximum absolute atomic E-state index is 12.3. The predicted molar refractivity (Wildman–Crippen MR) is 79.7 cm³/mol. The van der Waals surface area contributed by atoms with Gasteiger partial charge in [-0.2, -0.15) is 5.10 Å². The highest BCUT2D eigenvalue weighted by Crippen LogP contribution is 2.19. The number of hydrogen-bond acceptors (Lipinski definition) is 3. The van der Waals surface area contributed by atoms with Crippen LogP contribution in [-0.2, 0) is 7.05 Å². The Kier molecular flexibility index (Phi) is 3.45. The normalized spacial score (nSPS) is 10.6. The molecule has 3 aromatic heterocycles. The highest BCUT2D eigenvalue weighted by atomic mass is 35.5. The second-order valence-corrected chi connectivity index (χ2v) is 4.87. The van der Waals surface area contributed by atoms with Gasteiger partial charge in [0, 0.05) is 31.8 Å². The van der Waals surface area contributed by atoms with E-state index < -0.39 is 0 Å². The zero-order valence-electron chi connectivity index (χ0n) is 11.2. The van der Waals surface area contributed by atoms with E-state index in [1.54, 1.807) is 65.3 Å². The molecule has 0 aliphatic carbocycles. The monoisotopic (exact) mass is 301 g/mol. The van der Waals surface area contributed by atoms with E-state index in [1.165, 1.54) is 0 Å². The van der Waals surface area contributed by atoms with Gasteiger partial charge in [0.2, 0.25) is 0 Å². The molecular formula is C14H12ClN5O. The van der Waals surface area contributed by atoms with Crippen molar-refractivity contribution < 1.29 is 4.79 Å². The number of aromatic nitrogens is 4. The number of carbonyl (C=O) groups is 1. The molecule has 0 bridgehead atoms. The summed E-state index contributed by atoms with van der Waals surface area (Å²) in [5, 5.41) is 7.47. The lowest BCUT2D eigenvalue weighted by Crippen LogP contribution is -2.17. The molecule has 7 heteroatoms. The molecule has 6 nitrogen and oxygen atoms in total. The van der Waals surface area contributed by atoms with Crippen LogP contribution in [-0.4, -0.2) is 25.2 Å². The van der Waals surface area contributed by atoms with Gasteiger partial charge in [-0.05, 0) is 24.3 Å². The second kappa shape index (κ2) is 5.41. The average Bonchev–Trinajstić information content (AvgIpc) is 3.09. The molecule has 1 N–H and O–H groups in total. The first-order valence-electron chi connectivity index (χ1n) is 6.23. The zero-order valence-corrected chi connectivity index (χ0v) is 11.9. The van der Waals surface area contributed by atoms with E-state index in [9.17, 15) is 4.79 Å². The van der Waals surface area contributed by atoms with E-state index in [2.05, 4.69) is 15.4 Å². The number of carbonyl (C=O) groups excluding carboxylic acids is 1. The molecule has 106 valence electrons. The zero-order chi connectivity index (χ0) is 14.8. The Balaban J connectivity index is 1.92. The quantitative estimate of drug-likeness (QED) is 0.808. The third kappa shape index (κ3) is 2.66. The van der Waals surface area contributed by atoms with Crippen LogP contribution in [0.25, 0.3) is 5.82 Å². The molecule has 3 heterocycles. The first-order chi connectivity index (χ1) is 10.1. The van der Waals surface area contributed by atoms with Gasteiger partial charge in [0.15, 0.2) is 5.82 Å². The Morgan fingerprint density at radius 1 is 1.33 bits per heavy atom. The summed E-state index contributed by atoms with van der Waals surface area (Å²) in [6.45, 7) is 0. The van der Waals surface area contributed by atoms with Crippen LogP contribution in [0.15, 0.2) is 49.1 Å². The van der Waals surface area contributed by atoms with Gasteiger partial charge in [-0.3, -0.25) is 4.79 Å². The summed E-state index contributed by atoms with van der Waals surface area (Å²) in [5.74, 6) is 0.293. The van der Waals surface area contributed by atoms with E-state index in [0.717, 1.165) is 0 Å². The van der Waals surface area contributed by atoms with Crippen molar-refractivity contribution >= 4 is 23.2 Å². The molecule has 0 radical (unpaired) electrons. The van der Waals surface area contributed by atoms with Gasteiger partial charge in [-0.15, -0.1) is 0 Å². The fraction of sp³-hybridized carbons (Fsp3) is 0.0714. The number of hydrogen-bond donors (Lipinski definition) is 1. The Hall–Kier alpha value is -2.60. The first-order valence-corrected chi connectivity index (χ1v) is 6.61. The number of pyridine rings is 1. The van der Waals surface area contributed by atoms with Crippen molar-refractivity contribution in [3.63, 3.8) is 0 Å². The van der Waals surface area contributed by atoms with Crippen LogP contribution in [0.4, 0.5) is 5.69 Å². The number of aryl methyl sites for hydroxylation is 1. The molecule has 0 spiro atoms. The van der Waals surface area contributed by atoms with E-state index in [4.69, 9.17) is 11.6 Å². The Labute approximate surface area is 126 Å². The second-order valence-electron chi connectivity index (χ2n) is 4.43. The Morgan fingerprint density at radius 2 is 2.19 bits per heavy atom.